The van der Waals surface area contributed by atoms with Gasteiger partial charge in [-0.1, -0.05) is 46.4 Å². The fourth-order valence-electron chi connectivity index (χ4n) is 1.62. The molecule has 0 aliphatic heterocycles. The zero-order valence-electron chi connectivity index (χ0n) is 9.40. The van der Waals surface area contributed by atoms with Crippen LogP contribution in [0.3, 0.4) is 0 Å². The second-order valence-electron chi connectivity index (χ2n) is 3.78. The van der Waals surface area contributed by atoms with E-state index in [0.717, 1.165) is 0 Å². The van der Waals surface area contributed by atoms with Crippen molar-refractivity contribution in [2.24, 2.45) is 0 Å². The highest BCUT2D eigenvalue weighted by molar-refractivity contribution is 6.45. The first-order valence-corrected chi connectivity index (χ1v) is 6.60. The van der Waals surface area contributed by atoms with Crippen molar-refractivity contribution in [3.63, 3.8) is 0 Å². The molecule has 0 aliphatic carbocycles. The lowest BCUT2D eigenvalue weighted by Crippen LogP contribution is -2.10. The first-order valence-electron chi connectivity index (χ1n) is 5.09. The molecule has 0 bridgehead atoms. The number of hydrogen-bond acceptors (Lipinski definition) is 1. The largest absolute Gasteiger partial charge is 0.434 e. The van der Waals surface area contributed by atoms with Crippen molar-refractivity contribution >= 4 is 46.4 Å². The normalized spacial score (nSPS) is 11.8. The third-order valence-corrected chi connectivity index (χ3v) is 3.64. The standard InChI is InChI=1S/C12H4Cl4F3N/c13-5-3-7(10(16)8(14)4-5)6-1-2-9(15)20-11(6)12(17,18)19/h1-4H. The number of rotatable bonds is 1. The Bertz CT molecular complexity index is 670. The molecule has 1 aromatic carbocycles. The van der Waals surface area contributed by atoms with Crippen LogP contribution in [0.4, 0.5) is 13.2 Å². The van der Waals surface area contributed by atoms with Gasteiger partial charge in [0.15, 0.2) is 5.69 Å². The summed E-state index contributed by atoms with van der Waals surface area (Å²) < 4.78 is 39.0. The monoisotopic (exact) mass is 359 g/mol. The van der Waals surface area contributed by atoms with Gasteiger partial charge in [0.05, 0.1) is 10.0 Å². The third kappa shape index (κ3) is 3.14. The van der Waals surface area contributed by atoms with Gasteiger partial charge in [-0.15, -0.1) is 0 Å². The van der Waals surface area contributed by atoms with E-state index in [1.54, 1.807) is 0 Å². The summed E-state index contributed by atoms with van der Waals surface area (Å²) in [6, 6.07) is 5.03. The zero-order chi connectivity index (χ0) is 15.1. The van der Waals surface area contributed by atoms with Gasteiger partial charge in [0.1, 0.15) is 5.15 Å². The highest BCUT2D eigenvalue weighted by Gasteiger charge is 2.36. The Kier molecular flexibility index (Phi) is 4.40. The molecule has 1 nitrogen and oxygen atoms in total. The van der Waals surface area contributed by atoms with Gasteiger partial charge in [0, 0.05) is 16.1 Å². The van der Waals surface area contributed by atoms with E-state index in [4.69, 9.17) is 46.4 Å². The topological polar surface area (TPSA) is 12.9 Å². The highest BCUT2D eigenvalue weighted by Crippen LogP contribution is 2.42. The maximum atomic E-state index is 13.0. The molecular formula is C12H4Cl4F3N. The summed E-state index contributed by atoms with van der Waals surface area (Å²) in [5, 5.41) is -0.0919. The maximum absolute atomic E-state index is 13.0. The van der Waals surface area contributed by atoms with E-state index in [9.17, 15) is 13.2 Å². The zero-order valence-corrected chi connectivity index (χ0v) is 12.4. The third-order valence-electron chi connectivity index (χ3n) is 2.41. The number of pyridine rings is 1. The predicted octanol–water partition coefficient (Wildman–Crippen LogP) is 6.38. The second-order valence-corrected chi connectivity index (χ2v) is 5.39. The molecule has 106 valence electrons. The van der Waals surface area contributed by atoms with Crippen LogP contribution in [-0.4, -0.2) is 4.98 Å². The molecule has 2 rings (SSSR count). The van der Waals surface area contributed by atoms with Crippen molar-refractivity contribution in [2.75, 3.05) is 0 Å². The molecule has 0 radical (unpaired) electrons. The number of aromatic nitrogens is 1. The van der Waals surface area contributed by atoms with Crippen LogP contribution in [0.1, 0.15) is 5.69 Å². The van der Waals surface area contributed by atoms with Gasteiger partial charge < -0.3 is 0 Å². The van der Waals surface area contributed by atoms with Crippen molar-refractivity contribution in [1.82, 2.24) is 4.98 Å². The molecule has 0 amide bonds. The Morgan fingerprint density at radius 1 is 0.900 bits per heavy atom. The Hall–Kier alpha value is -0.680. The molecule has 1 heterocycles. The smallest absolute Gasteiger partial charge is 0.231 e. The average Bonchev–Trinajstić information content (AvgIpc) is 2.33. The lowest BCUT2D eigenvalue weighted by Gasteiger charge is -2.14. The van der Waals surface area contributed by atoms with Gasteiger partial charge >= 0.3 is 6.18 Å². The van der Waals surface area contributed by atoms with Crippen molar-refractivity contribution < 1.29 is 13.2 Å². The molecule has 20 heavy (non-hydrogen) atoms. The molecule has 0 saturated carbocycles. The van der Waals surface area contributed by atoms with E-state index in [1.807, 2.05) is 0 Å². The van der Waals surface area contributed by atoms with Crippen LogP contribution in [0.2, 0.25) is 20.2 Å². The van der Waals surface area contributed by atoms with Gasteiger partial charge in [-0.2, -0.15) is 13.2 Å². The SMILES string of the molecule is FC(F)(F)c1nc(Cl)ccc1-c1cc(Cl)cc(Cl)c1Cl. The van der Waals surface area contributed by atoms with Crippen molar-refractivity contribution in [3.05, 3.63) is 50.2 Å². The first-order chi connectivity index (χ1) is 9.20. The lowest BCUT2D eigenvalue weighted by molar-refractivity contribution is -0.140. The molecule has 0 atom stereocenters. The molecular weight excluding hydrogens is 357 g/mol. The van der Waals surface area contributed by atoms with E-state index < -0.39 is 11.9 Å². The minimum Gasteiger partial charge on any atom is -0.231 e. The van der Waals surface area contributed by atoms with E-state index >= 15 is 0 Å². The highest BCUT2D eigenvalue weighted by atomic mass is 35.5. The number of alkyl halides is 3. The van der Waals surface area contributed by atoms with Crippen molar-refractivity contribution in [2.45, 2.75) is 6.18 Å². The first kappa shape index (κ1) is 15.7. The van der Waals surface area contributed by atoms with Gasteiger partial charge in [0.2, 0.25) is 0 Å². The van der Waals surface area contributed by atoms with Crippen molar-refractivity contribution in [3.8, 4) is 11.1 Å². The molecule has 0 unspecified atom stereocenters. The Labute approximate surface area is 132 Å². The quantitative estimate of drug-likeness (QED) is 0.424. The molecule has 8 heteroatoms. The van der Waals surface area contributed by atoms with Crippen LogP contribution in [-0.2, 0) is 6.18 Å². The lowest BCUT2D eigenvalue weighted by atomic mass is 10.0. The molecule has 1 aromatic heterocycles. The summed E-state index contributed by atoms with van der Waals surface area (Å²) in [4.78, 5) is 3.32. The van der Waals surface area contributed by atoms with E-state index in [2.05, 4.69) is 4.98 Å². The summed E-state index contributed by atoms with van der Waals surface area (Å²) in [5.41, 5.74) is -1.35. The van der Waals surface area contributed by atoms with Crippen LogP contribution < -0.4 is 0 Å². The number of benzene rings is 1. The molecule has 0 fully saturated rings. The minimum absolute atomic E-state index is 0.0364. The molecule has 2 aromatic rings. The summed E-state index contributed by atoms with van der Waals surface area (Å²) in [6.45, 7) is 0. The summed E-state index contributed by atoms with van der Waals surface area (Å²) in [7, 11) is 0. The fourth-order valence-corrected chi connectivity index (χ4v) is 2.47. The molecule has 0 N–H and O–H groups in total. The second kappa shape index (κ2) is 5.60. The Morgan fingerprint density at radius 2 is 1.55 bits per heavy atom. The van der Waals surface area contributed by atoms with Gasteiger partial charge in [-0.25, -0.2) is 4.98 Å². The fraction of sp³-hybridized carbons (Fsp3) is 0.0833. The average molecular weight is 361 g/mol. The van der Waals surface area contributed by atoms with Crippen LogP contribution >= 0.6 is 46.4 Å². The van der Waals surface area contributed by atoms with E-state index in [-0.39, 0.29) is 31.3 Å². The summed E-state index contributed by atoms with van der Waals surface area (Å²) in [5.74, 6) is 0. The Morgan fingerprint density at radius 3 is 2.15 bits per heavy atom. The Balaban J connectivity index is 2.77. The van der Waals surface area contributed by atoms with Crippen LogP contribution in [0.15, 0.2) is 24.3 Å². The van der Waals surface area contributed by atoms with Crippen LogP contribution in [0.5, 0.6) is 0 Å². The number of halogens is 7. The van der Waals surface area contributed by atoms with Gasteiger partial charge in [0.25, 0.3) is 0 Å². The molecule has 0 aliphatic rings. The van der Waals surface area contributed by atoms with Crippen LogP contribution in [0.25, 0.3) is 11.1 Å². The predicted molar refractivity (Wildman–Crippen MR) is 74.7 cm³/mol. The summed E-state index contributed by atoms with van der Waals surface area (Å²) >= 11 is 23.1. The number of nitrogens with zero attached hydrogens (tertiary/aromatic N) is 1. The molecule has 0 saturated heterocycles. The number of hydrogen-bond donors (Lipinski definition) is 0. The van der Waals surface area contributed by atoms with E-state index in [1.165, 1.54) is 24.3 Å². The van der Waals surface area contributed by atoms with Crippen LogP contribution in [0, 0.1) is 0 Å². The van der Waals surface area contributed by atoms with Gasteiger partial charge in [-0.05, 0) is 24.3 Å². The van der Waals surface area contributed by atoms with E-state index in [0.29, 0.717) is 0 Å². The van der Waals surface area contributed by atoms with Crippen molar-refractivity contribution in [1.29, 1.82) is 0 Å². The molecule has 0 spiro atoms. The minimum atomic E-state index is -4.68. The maximum Gasteiger partial charge on any atom is 0.434 e. The summed E-state index contributed by atoms with van der Waals surface area (Å²) in [6.07, 6.45) is -4.68. The van der Waals surface area contributed by atoms with Gasteiger partial charge in [-0.3, -0.25) is 0 Å².